The first kappa shape index (κ1) is 21.6. The van der Waals surface area contributed by atoms with Crippen LogP contribution in [0.15, 0.2) is 46.4 Å². The number of rotatable bonds is 7. The standard InChI is InChI=1S/C22H24N4O3S2/c1-15-4-5-16(13-26-6-9-30-10-7-26)11-18(15)24-20(27)12-17-14-31-22(23-17)25-21(28)19-3-2-8-29-19/h2-5,8,11,14H,6-7,9-10,12-13H2,1H3,(H,24,27)(H,23,25,28). The van der Waals surface area contributed by atoms with Gasteiger partial charge in [0.05, 0.1) is 18.4 Å². The minimum absolute atomic E-state index is 0.135. The van der Waals surface area contributed by atoms with Gasteiger partial charge in [0, 0.05) is 42.2 Å². The summed E-state index contributed by atoms with van der Waals surface area (Å²) in [6.45, 7) is 5.09. The number of hydrogen-bond acceptors (Lipinski definition) is 7. The Kier molecular flexibility index (Phi) is 7.06. The zero-order chi connectivity index (χ0) is 21.6. The molecule has 0 unspecified atom stereocenters. The van der Waals surface area contributed by atoms with Gasteiger partial charge in [-0.25, -0.2) is 4.98 Å². The van der Waals surface area contributed by atoms with Crippen LogP contribution in [-0.2, 0) is 17.8 Å². The quantitative estimate of drug-likeness (QED) is 0.558. The largest absolute Gasteiger partial charge is 0.459 e. The Morgan fingerprint density at radius 2 is 2.03 bits per heavy atom. The van der Waals surface area contributed by atoms with Gasteiger partial charge in [0.15, 0.2) is 10.9 Å². The van der Waals surface area contributed by atoms with E-state index in [0.717, 1.165) is 30.9 Å². The molecule has 2 amide bonds. The van der Waals surface area contributed by atoms with Crippen LogP contribution >= 0.6 is 23.1 Å². The predicted molar refractivity (Wildman–Crippen MR) is 125 cm³/mol. The molecule has 1 fully saturated rings. The van der Waals surface area contributed by atoms with Crippen LogP contribution in [0.2, 0.25) is 0 Å². The molecule has 0 aliphatic carbocycles. The van der Waals surface area contributed by atoms with Gasteiger partial charge < -0.3 is 9.73 Å². The molecule has 0 spiro atoms. The molecule has 1 saturated heterocycles. The second kappa shape index (κ2) is 10.1. The van der Waals surface area contributed by atoms with Gasteiger partial charge in [-0.3, -0.25) is 19.8 Å². The summed E-state index contributed by atoms with van der Waals surface area (Å²) in [6.07, 6.45) is 1.58. The van der Waals surface area contributed by atoms with Crippen LogP contribution in [0.5, 0.6) is 0 Å². The van der Waals surface area contributed by atoms with Crippen molar-refractivity contribution >= 4 is 45.7 Å². The second-order valence-corrected chi connectivity index (χ2v) is 9.42. The van der Waals surface area contributed by atoms with E-state index in [0.29, 0.717) is 10.8 Å². The van der Waals surface area contributed by atoms with E-state index in [1.807, 2.05) is 18.7 Å². The third-order valence-electron chi connectivity index (χ3n) is 4.94. The second-order valence-electron chi connectivity index (χ2n) is 7.34. The number of amides is 2. The van der Waals surface area contributed by atoms with Gasteiger partial charge in [0.1, 0.15) is 0 Å². The number of carbonyl (C=O) groups is 2. The molecule has 3 heterocycles. The number of aromatic nitrogens is 1. The van der Waals surface area contributed by atoms with E-state index in [-0.39, 0.29) is 24.0 Å². The zero-order valence-corrected chi connectivity index (χ0v) is 18.9. The molecule has 31 heavy (non-hydrogen) atoms. The van der Waals surface area contributed by atoms with Crippen LogP contribution in [0.25, 0.3) is 0 Å². The number of benzene rings is 1. The normalized spacial score (nSPS) is 14.4. The fourth-order valence-corrected chi connectivity index (χ4v) is 4.97. The lowest BCUT2D eigenvalue weighted by molar-refractivity contribution is -0.115. The summed E-state index contributed by atoms with van der Waals surface area (Å²) in [4.78, 5) is 31.4. The zero-order valence-electron chi connectivity index (χ0n) is 17.2. The number of anilines is 2. The Bertz CT molecular complexity index is 1040. The van der Waals surface area contributed by atoms with Crippen LogP contribution in [0.1, 0.15) is 27.4 Å². The first-order valence-electron chi connectivity index (χ1n) is 10.1. The van der Waals surface area contributed by atoms with Crippen LogP contribution in [0.4, 0.5) is 10.8 Å². The molecule has 7 nitrogen and oxygen atoms in total. The maximum Gasteiger partial charge on any atom is 0.293 e. The lowest BCUT2D eigenvalue weighted by atomic mass is 10.1. The monoisotopic (exact) mass is 456 g/mol. The molecule has 162 valence electrons. The molecule has 2 aromatic heterocycles. The Morgan fingerprint density at radius 1 is 1.19 bits per heavy atom. The summed E-state index contributed by atoms with van der Waals surface area (Å²) in [6, 6.07) is 9.47. The number of thioether (sulfide) groups is 1. The van der Waals surface area contributed by atoms with Crippen LogP contribution < -0.4 is 10.6 Å². The Hall–Kier alpha value is -2.62. The van der Waals surface area contributed by atoms with Crippen molar-refractivity contribution in [2.24, 2.45) is 0 Å². The molecule has 1 aliphatic heterocycles. The number of aryl methyl sites for hydroxylation is 1. The van der Waals surface area contributed by atoms with Crippen molar-refractivity contribution in [1.29, 1.82) is 0 Å². The van der Waals surface area contributed by atoms with Crippen molar-refractivity contribution in [2.75, 3.05) is 35.2 Å². The molecule has 9 heteroatoms. The number of furan rings is 1. The van der Waals surface area contributed by atoms with E-state index in [4.69, 9.17) is 4.42 Å². The molecule has 0 atom stereocenters. The van der Waals surface area contributed by atoms with E-state index < -0.39 is 0 Å². The van der Waals surface area contributed by atoms with Crippen molar-refractivity contribution in [3.8, 4) is 0 Å². The number of carbonyl (C=O) groups excluding carboxylic acids is 2. The van der Waals surface area contributed by atoms with Crippen LogP contribution in [0.3, 0.4) is 0 Å². The summed E-state index contributed by atoms with van der Waals surface area (Å²) in [7, 11) is 0. The van der Waals surface area contributed by atoms with Gasteiger partial charge in [-0.15, -0.1) is 11.3 Å². The van der Waals surface area contributed by atoms with Crippen molar-refractivity contribution in [3.63, 3.8) is 0 Å². The molecular formula is C22H24N4O3S2. The lowest BCUT2D eigenvalue weighted by Crippen LogP contribution is -2.32. The highest BCUT2D eigenvalue weighted by atomic mass is 32.2. The molecular weight excluding hydrogens is 432 g/mol. The third-order valence-corrected chi connectivity index (χ3v) is 6.69. The number of nitrogens with one attached hydrogen (secondary N) is 2. The van der Waals surface area contributed by atoms with Gasteiger partial charge in [-0.2, -0.15) is 11.8 Å². The van der Waals surface area contributed by atoms with Gasteiger partial charge in [-0.05, 0) is 36.2 Å². The van der Waals surface area contributed by atoms with E-state index in [1.54, 1.807) is 17.5 Å². The van der Waals surface area contributed by atoms with E-state index in [9.17, 15) is 9.59 Å². The van der Waals surface area contributed by atoms with Gasteiger partial charge in [0.25, 0.3) is 5.91 Å². The summed E-state index contributed by atoms with van der Waals surface area (Å²) in [5.74, 6) is 2.06. The Labute approximate surface area is 189 Å². The molecule has 2 N–H and O–H groups in total. The highest BCUT2D eigenvalue weighted by molar-refractivity contribution is 7.99. The molecule has 0 bridgehead atoms. The smallest absolute Gasteiger partial charge is 0.293 e. The fraction of sp³-hybridized carbons (Fsp3) is 0.318. The maximum atomic E-state index is 12.6. The van der Waals surface area contributed by atoms with Crippen LogP contribution in [0, 0.1) is 6.92 Å². The fourth-order valence-electron chi connectivity index (χ4n) is 3.29. The maximum absolute atomic E-state index is 12.6. The SMILES string of the molecule is Cc1ccc(CN2CCSCC2)cc1NC(=O)Cc1csc(NC(=O)c2ccco2)n1. The highest BCUT2D eigenvalue weighted by Crippen LogP contribution is 2.21. The summed E-state index contributed by atoms with van der Waals surface area (Å²) in [5, 5.41) is 7.89. The molecule has 1 aromatic carbocycles. The van der Waals surface area contributed by atoms with Crippen LogP contribution in [-0.4, -0.2) is 46.3 Å². The van der Waals surface area contributed by atoms with Crippen molar-refractivity contribution in [1.82, 2.24) is 9.88 Å². The van der Waals surface area contributed by atoms with Crippen molar-refractivity contribution in [2.45, 2.75) is 19.9 Å². The Morgan fingerprint density at radius 3 is 2.81 bits per heavy atom. The average Bonchev–Trinajstić information content (AvgIpc) is 3.44. The van der Waals surface area contributed by atoms with Crippen molar-refractivity contribution < 1.29 is 14.0 Å². The summed E-state index contributed by atoms with van der Waals surface area (Å²) in [5.41, 5.74) is 3.66. The molecule has 0 radical (unpaired) electrons. The number of nitrogens with zero attached hydrogens (tertiary/aromatic N) is 2. The van der Waals surface area contributed by atoms with Gasteiger partial charge in [0.2, 0.25) is 5.91 Å². The predicted octanol–water partition coefficient (Wildman–Crippen LogP) is 4.03. The molecule has 3 aromatic rings. The highest BCUT2D eigenvalue weighted by Gasteiger charge is 2.15. The topological polar surface area (TPSA) is 87.5 Å². The Balaban J connectivity index is 1.33. The molecule has 0 saturated carbocycles. The average molecular weight is 457 g/mol. The number of thiazole rings is 1. The minimum Gasteiger partial charge on any atom is -0.459 e. The lowest BCUT2D eigenvalue weighted by Gasteiger charge is -2.26. The van der Waals surface area contributed by atoms with E-state index in [1.165, 1.54) is 34.7 Å². The minimum atomic E-state index is -0.366. The summed E-state index contributed by atoms with van der Waals surface area (Å²) < 4.78 is 5.07. The molecule has 1 aliphatic rings. The summed E-state index contributed by atoms with van der Waals surface area (Å²) >= 11 is 3.27. The van der Waals surface area contributed by atoms with E-state index >= 15 is 0 Å². The third kappa shape index (κ3) is 5.96. The van der Waals surface area contributed by atoms with E-state index in [2.05, 4.69) is 38.7 Å². The first-order valence-corrected chi connectivity index (χ1v) is 12.1. The molecule has 4 rings (SSSR count). The van der Waals surface area contributed by atoms with Gasteiger partial charge in [-0.1, -0.05) is 12.1 Å². The number of hydrogen-bond donors (Lipinski definition) is 2. The van der Waals surface area contributed by atoms with Gasteiger partial charge >= 0.3 is 0 Å². The first-order chi connectivity index (χ1) is 15.1. The van der Waals surface area contributed by atoms with Crippen molar-refractivity contribution in [3.05, 3.63) is 64.6 Å².